The van der Waals surface area contributed by atoms with Crippen LogP contribution in [0.15, 0.2) is 35.5 Å². The van der Waals surface area contributed by atoms with Crippen molar-refractivity contribution >= 4 is 11.8 Å². The molecule has 0 bridgehead atoms. The number of rotatable bonds is 6. The van der Waals surface area contributed by atoms with Gasteiger partial charge in [-0.1, -0.05) is 30.0 Å². The van der Waals surface area contributed by atoms with Crippen LogP contribution in [0.2, 0.25) is 0 Å². The first kappa shape index (κ1) is 13.6. The molecule has 0 radical (unpaired) electrons. The van der Waals surface area contributed by atoms with Crippen LogP contribution in [-0.4, -0.2) is 47.0 Å². The van der Waals surface area contributed by atoms with Crippen LogP contribution in [0, 0.1) is 0 Å². The lowest BCUT2D eigenvalue weighted by molar-refractivity contribution is 0.556. The van der Waals surface area contributed by atoms with Gasteiger partial charge in [0.1, 0.15) is 0 Å². The van der Waals surface area contributed by atoms with Gasteiger partial charge in [0, 0.05) is 6.54 Å². The van der Waals surface area contributed by atoms with Crippen LogP contribution >= 0.6 is 11.8 Å². The smallest absolute Gasteiger partial charge is 0.209 e. The molecule has 1 aromatic carbocycles. The van der Waals surface area contributed by atoms with Gasteiger partial charge in [-0.2, -0.15) is 4.68 Å². The fourth-order valence-corrected chi connectivity index (χ4v) is 2.57. The summed E-state index contributed by atoms with van der Waals surface area (Å²) in [6, 6.07) is 9.72. The van der Waals surface area contributed by atoms with E-state index in [9.17, 15) is 0 Å². The minimum absolute atomic E-state index is 0.486. The maximum absolute atomic E-state index is 5.52. The summed E-state index contributed by atoms with van der Waals surface area (Å²) in [4.78, 5) is 0. The zero-order chi connectivity index (χ0) is 14.5. The quantitative estimate of drug-likeness (QED) is 0.628. The SMILES string of the molecule is NCCn1nnnc1SCc1nnnn1-c1ccccc1. The second-order valence-electron chi connectivity index (χ2n) is 4.10. The molecular formula is C11H13N9S. The van der Waals surface area contributed by atoms with E-state index in [0.29, 0.717) is 24.0 Å². The van der Waals surface area contributed by atoms with Gasteiger partial charge in [-0.25, -0.2) is 4.68 Å². The van der Waals surface area contributed by atoms with Crippen molar-refractivity contribution in [3.8, 4) is 5.69 Å². The van der Waals surface area contributed by atoms with Crippen LogP contribution in [-0.2, 0) is 12.3 Å². The minimum atomic E-state index is 0.486. The monoisotopic (exact) mass is 303 g/mol. The average molecular weight is 303 g/mol. The number of aromatic nitrogens is 8. The first-order valence-electron chi connectivity index (χ1n) is 6.30. The number of para-hydroxylation sites is 1. The van der Waals surface area contributed by atoms with Crippen LogP contribution in [0.25, 0.3) is 5.69 Å². The topological polar surface area (TPSA) is 113 Å². The second kappa shape index (κ2) is 6.41. The summed E-state index contributed by atoms with van der Waals surface area (Å²) in [5.74, 6) is 1.29. The molecule has 21 heavy (non-hydrogen) atoms. The Morgan fingerprint density at radius 3 is 2.67 bits per heavy atom. The third-order valence-corrected chi connectivity index (χ3v) is 3.66. The Morgan fingerprint density at radius 1 is 1.05 bits per heavy atom. The fourth-order valence-electron chi connectivity index (χ4n) is 1.76. The molecular weight excluding hydrogens is 290 g/mol. The van der Waals surface area contributed by atoms with E-state index < -0.39 is 0 Å². The van der Waals surface area contributed by atoms with Crippen LogP contribution in [0.3, 0.4) is 0 Å². The van der Waals surface area contributed by atoms with E-state index in [1.165, 1.54) is 11.8 Å². The summed E-state index contributed by atoms with van der Waals surface area (Å²) in [6.07, 6.45) is 0. The maximum atomic E-state index is 5.52. The van der Waals surface area contributed by atoms with E-state index in [1.54, 1.807) is 9.36 Å². The van der Waals surface area contributed by atoms with Gasteiger partial charge >= 0.3 is 0 Å². The molecule has 0 fully saturated rings. The van der Waals surface area contributed by atoms with Crippen molar-refractivity contribution in [1.82, 2.24) is 40.4 Å². The molecule has 0 saturated carbocycles. The average Bonchev–Trinajstić information content (AvgIpc) is 3.15. The van der Waals surface area contributed by atoms with Crippen molar-refractivity contribution in [3.05, 3.63) is 36.2 Å². The number of benzene rings is 1. The number of tetrazole rings is 2. The lowest BCUT2D eigenvalue weighted by Crippen LogP contribution is -2.12. The number of thioether (sulfide) groups is 1. The number of hydrogen-bond donors (Lipinski definition) is 1. The number of nitrogens with zero attached hydrogens (tertiary/aromatic N) is 8. The Hall–Kier alpha value is -2.33. The van der Waals surface area contributed by atoms with Gasteiger partial charge in [0.05, 0.1) is 18.0 Å². The highest BCUT2D eigenvalue weighted by Crippen LogP contribution is 2.19. The zero-order valence-corrected chi connectivity index (χ0v) is 11.9. The third-order valence-electron chi connectivity index (χ3n) is 2.71. The van der Waals surface area contributed by atoms with E-state index in [-0.39, 0.29) is 0 Å². The van der Waals surface area contributed by atoms with Gasteiger partial charge in [-0.3, -0.25) is 0 Å². The van der Waals surface area contributed by atoms with Gasteiger partial charge in [0.25, 0.3) is 0 Å². The van der Waals surface area contributed by atoms with Crippen LogP contribution in [0.5, 0.6) is 0 Å². The molecule has 3 aromatic rings. The standard InChI is InChI=1S/C11H13N9S/c12-6-7-19-11(14-16-17-19)21-8-10-13-15-18-20(10)9-4-2-1-3-5-9/h1-5H,6-8,12H2. The predicted octanol–water partition coefficient (Wildman–Crippen LogP) is -0.100. The Bertz CT molecular complexity index is 693. The molecule has 0 atom stereocenters. The van der Waals surface area contributed by atoms with Crippen molar-refractivity contribution in [2.24, 2.45) is 5.73 Å². The molecule has 0 aliphatic rings. The normalized spacial score (nSPS) is 10.9. The van der Waals surface area contributed by atoms with E-state index in [2.05, 4.69) is 31.1 Å². The summed E-state index contributed by atoms with van der Waals surface area (Å²) in [6.45, 7) is 1.07. The Balaban J connectivity index is 1.75. The second-order valence-corrected chi connectivity index (χ2v) is 5.05. The highest BCUT2D eigenvalue weighted by Gasteiger charge is 2.12. The molecule has 2 aromatic heterocycles. The summed E-state index contributed by atoms with van der Waals surface area (Å²) >= 11 is 1.47. The maximum Gasteiger partial charge on any atom is 0.209 e. The van der Waals surface area contributed by atoms with Crippen molar-refractivity contribution in [2.75, 3.05) is 6.54 Å². The van der Waals surface area contributed by atoms with Crippen molar-refractivity contribution in [1.29, 1.82) is 0 Å². The molecule has 0 aliphatic heterocycles. The Kier molecular flexibility index (Phi) is 4.17. The molecule has 10 heteroatoms. The van der Waals surface area contributed by atoms with Gasteiger partial charge in [-0.05, 0) is 33.0 Å². The molecule has 0 spiro atoms. The largest absolute Gasteiger partial charge is 0.329 e. The summed E-state index contributed by atoms with van der Waals surface area (Å²) in [5.41, 5.74) is 6.43. The van der Waals surface area contributed by atoms with Gasteiger partial charge < -0.3 is 5.73 Å². The molecule has 0 amide bonds. The molecule has 0 saturated heterocycles. The van der Waals surface area contributed by atoms with E-state index in [0.717, 1.165) is 11.5 Å². The molecule has 9 nitrogen and oxygen atoms in total. The highest BCUT2D eigenvalue weighted by atomic mass is 32.2. The number of nitrogens with two attached hydrogens (primary N) is 1. The van der Waals surface area contributed by atoms with Gasteiger partial charge in [0.2, 0.25) is 5.16 Å². The lowest BCUT2D eigenvalue weighted by atomic mass is 10.3. The first-order chi connectivity index (χ1) is 10.4. The number of hydrogen-bond acceptors (Lipinski definition) is 8. The van der Waals surface area contributed by atoms with Crippen LogP contribution in [0.4, 0.5) is 0 Å². The molecule has 2 N–H and O–H groups in total. The Morgan fingerprint density at radius 2 is 1.86 bits per heavy atom. The third kappa shape index (κ3) is 3.06. The van der Waals surface area contributed by atoms with Gasteiger partial charge in [0.15, 0.2) is 5.82 Å². The fraction of sp³-hybridized carbons (Fsp3) is 0.273. The van der Waals surface area contributed by atoms with E-state index in [4.69, 9.17) is 5.73 Å². The summed E-state index contributed by atoms with van der Waals surface area (Å²) in [7, 11) is 0. The summed E-state index contributed by atoms with van der Waals surface area (Å²) in [5, 5.41) is 24.0. The van der Waals surface area contributed by atoms with E-state index in [1.807, 2.05) is 30.3 Å². The molecule has 108 valence electrons. The first-order valence-corrected chi connectivity index (χ1v) is 7.29. The predicted molar refractivity (Wildman–Crippen MR) is 75.6 cm³/mol. The summed E-state index contributed by atoms with van der Waals surface area (Å²) < 4.78 is 3.37. The highest BCUT2D eigenvalue weighted by molar-refractivity contribution is 7.98. The minimum Gasteiger partial charge on any atom is -0.329 e. The van der Waals surface area contributed by atoms with Crippen LogP contribution in [0.1, 0.15) is 5.82 Å². The van der Waals surface area contributed by atoms with Gasteiger partial charge in [-0.15, -0.1) is 10.2 Å². The molecule has 3 rings (SSSR count). The zero-order valence-electron chi connectivity index (χ0n) is 11.1. The Labute approximate surface area is 124 Å². The molecule has 2 heterocycles. The van der Waals surface area contributed by atoms with Crippen molar-refractivity contribution in [2.45, 2.75) is 17.5 Å². The van der Waals surface area contributed by atoms with Crippen molar-refractivity contribution < 1.29 is 0 Å². The van der Waals surface area contributed by atoms with E-state index >= 15 is 0 Å². The molecule has 0 unspecified atom stereocenters. The van der Waals surface area contributed by atoms with Crippen molar-refractivity contribution in [3.63, 3.8) is 0 Å². The van der Waals surface area contributed by atoms with Crippen LogP contribution < -0.4 is 5.73 Å². The lowest BCUT2D eigenvalue weighted by Gasteiger charge is -2.04. The molecule has 0 aliphatic carbocycles.